The highest BCUT2D eigenvalue weighted by molar-refractivity contribution is 6.17. The third-order valence-corrected chi connectivity index (χ3v) is 3.40. The molecule has 0 aliphatic heterocycles. The van der Waals surface area contributed by atoms with Crippen LogP contribution in [-0.2, 0) is 12.4 Å². The molecule has 0 fully saturated rings. The summed E-state index contributed by atoms with van der Waals surface area (Å²) in [5.41, 5.74) is 2.69. The van der Waals surface area contributed by atoms with E-state index in [9.17, 15) is 4.39 Å². The van der Waals surface area contributed by atoms with Crippen LogP contribution in [0.25, 0.3) is 0 Å². The van der Waals surface area contributed by atoms with E-state index in [1.54, 1.807) is 7.11 Å². The molecule has 4 heteroatoms. The second-order valence-electron chi connectivity index (χ2n) is 4.66. The van der Waals surface area contributed by atoms with Gasteiger partial charge in [0.05, 0.1) is 7.11 Å². The van der Waals surface area contributed by atoms with Crippen LogP contribution in [0.3, 0.4) is 0 Å². The number of rotatable bonds is 5. The van der Waals surface area contributed by atoms with Gasteiger partial charge in [-0.15, -0.1) is 11.6 Å². The Labute approximate surface area is 123 Å². The van der Waals surface area contributed by atoms with Crippen molar-refractivity contribution in [2.45, 2.75) is 12.4 Å². The first-order valence-electron chi connectivity index (χ1n) is 6.32. The zero-order valence-electron chi connectivity index (χ0n) is 11.6. The topological polar surface area (TPSA) is 12.5 Å². The van der Waals surface area contributed by atoms with Crippen LogP contribution in [0, 0.1) is 5.82 Å². The second kappa shape index (κ2) is 6.62. The second-order valence-corrected chi connectivity index (χ2v) is 4.93. The summed E-state index contributed by atoms with van der Waals surface area (Å²) in [6.45, 7) is 0.669. The molecule has 106 valence electrons. The Balaban J connectivity index is 2.18. The number of benzene rings is 2. The van der Waals surface area contributed by atoms with E-state index >= 15 is 0 Å². The van der Waals surface area contributed by atoms with Crippen molar-refractivity contribution in [3.63, 3.8) is 0 Å². The average Bonchev–Trinajstić information content (AvgIpc) is 2.46. The molecule has 0 N–H and O–H groups in total. The Bertz CT molecular complexity index is 588. The Morgan fingerprint density at radius 2 is 1.95 bits per heavy atom. The van der Waals surface area contributed by atoms with E-state index in [0.29, 0.717) is 12.4 Å². The Hall–Kier alpha value is -1.74. The normalized spacial score (nSPS) is 10.4. The van der Waals surface area contributed by atoms with Crippen LogP contribution in [0.15, 0.2) is 42.5 Å². The standard InChI is InChI=1S/C16H17ClFNO/c1-19(11-12-4-3-5-16(8-12)20-2)15-7-13(10-17)6-14(18)9-15/h3-9H,10-11H2,1-2H3. The van der Waals surface area contributed by atoms with Gasteiger partial charge >= 0.3 is 0 Å². The first-order valence-corrected chi connectivity index (χ1v) is 6.85. The maximum absolute atomic E-state index is 13.5. The number of nitrogens with zero attached hydrogens (tertiary/aromatic N) is 1. The number of methoxy groups -OCH3 is 1. The maximum Gasteiger partial charge on any atom is 0.125 e. The molecule has 0 amide bonds. The van der Waals surface area contributed by atoms with Crippen molar-refractivity contribution in [3.8, 4) is 5.75 Å². The molecule has 0 aliphatic carbocycles. The van der Waals surface area contributed by atoms with Crippen molar-refractivity contribution in [3.05, 3.63) is 59.4 Å². The highest BCUT2D eigenvalue weighted by Crippen LogP contribution is 2.21. The van der Waals surface area contributed by atoms with Gasteiger partial charge < -0.3 is 9.64 Å². The van der Waals surface area contributed by atoms with Crippen molar-refractivity contribution in [2.75, 3.05) is 19.1 Å². The quantitative estimate of drug-likeness (QED) is 0.766. The van der Waals surface area contributed by atoms with Gasteiger partial charge in [-0.3, -0.25) is 0 Å². The van der Waals surface area contributed by atoms with Gasteiger partial charge in [-0.05, 0) is 41.5 Å². The predicted octanol–water partition coefficient (Wildman–Crippen LogP) is 4.21. The number of alkyl halides is 1. The van der Waals surface area contributed by atoms with Crippen LogP contribution < -0.4 is 9.64 Å². The van der Waals surface area contributed by atoms with Crippen LogP contribution >= 0.6 is 11.6 Å². The summed E-state index contributed by atoms with van der Waals surface area (Å²) < 4.78 is 18.7. The van der Waals surface area contributed by atoms with E-state index < -0.39 is 0 Å². The highest BCUT2D eigenvalue weighted by Gasteiger charge is 2.06. The molecular weight excluding hydrogens is 277 g/mol. The summed E-state index contributed by atoms with van der Waals surface area (Å²) in [4.78, 5) is 1.98. The fourth-order valence-electron chi connectivity index (χ4n) is 2.07. The summed E-state index contributed by atoms with van der Waals surface area (Å²) in [5.74, 6) is 0.852. The summed E-state index contributed by atoms with van der Waals surface area (Å²) in [7, 11) is 3.56. The molecule has 0 heterocycles. The fraction of sp³-hybridized carbons (Fsp3) is 0.250. The average molecular weight is 294 g/mol. The minimum absolute atomic E-state index is 0.268. The van der Waals surface area contributed by atoms with Crippen molar-refractivity contribution in [2.24, 2.45) is 0 Å². The van der Waals surface area contributed by atoms with Gasteiger partial charge in [-0.2, -0.15) is 0 Å². The lowest BCUT2D eigenvalue weighted by Gasteiger charge is -2.20. The Morgan fingerprint density at radius 3 is 2.65 bits per heavy atom. The number of hydrogen-bond acceptors (Lipinski definition) is 2. The highest BCUT2D eigenvalue weighted by atomic mass is 35.5. The molecule has 0 saturated carbocycles. The summed E-state index contributed by atoms with van der Waals surface area (Å²) in [6, 6.07) is 12.7. The molecule has 2 rings (SSSR count). The Morgan fingerprint density at radius 1 is 1.15 bits per heavy atom. The zero-order valence-corrected chi connectivity index (χ0v) is 12.3. The van der Waals surface area contributed by atoms with Crippen molar-refractivity contribution >= 4 is 17.3 Å². The van der Waals surface area contributed by atoms with Crippen molar-refractivity contribution < 1.29 is 9.13 Å². The summed E-state index contributed by atoms with van der Waals surface area (Å²) in [5, 5.41) is 0. The first kappa shape index (κ1) is 14.7. The molecule has 0 atom stereocenters. The lowest BCUT2D eigenvalue weighted by atomic mass is 10.1. The van der Waals surface area contributed by atoms with E-state index in [4.69, 9.17) is 16.3 Å². The number of hydrogen-bond donors (Lipinski definition) is 0. The van der Waals surface area contributed by atoms with Gasteiger partial charge in [0.2, 0.25) is 0 Å². The summed E-state index contributed by atoms with van der Waals surface area (Å²) >= 11 is 5.77. The minimum Gasteiger partial charge on any atom is -0.497 e. The van der Waals surface area contributed by atoms with Gasteiger partial charge in [0.15, 0.2) is 0 Å². The molecule has 2 nitrogen and oxygen atoms in total. The first-order chi connectivity index (χ1) is 9.62. The van der Waals surface area contributed by atoms with E-state index in [-0.39, 0.29) is 5.82 Å². The van der Waals surface area contributed by atoms with Crippen LogP contribution in [0.4, 0.5) is 10.1 Å². The Kier molecular flexibility index (Phi) is 4.85. The molecule has 0 aliphatic rings. The monoisotopic (exact) mass is 293 g/mol. The van der Waals surface area contributed by atoms with Crippen molar-refractivity contribution in [1.29, 1.82) is 0 Å². The lowest BCUT2D eigenvalue weighted by Crippen LogP contribution is -2.16. The van der Waals surface area contributed by atoms with E-state index in [1.807, 2.05) is 42.3 Å². The number of halogens is 2. The van der Waals surface area contributed by atoms with E-state index in [2.05, 4.69) is 0 Å². The zero-order chi connectivity index (χ0) is 14.5. The van der Waals surface area contributed by atoms with Gasteiger partial charge in [-0.25, -0.2) is 4.39 Å². The molecule has 0 aromatic heterocycles. The van der Waals surface area contributed by atoms with Crippen LogP contribution in [0.5, 0.6) is 5.75 Å². The summed E-state index contributed by atoms with van der Waals surface area (Å²) in [6.07, 6.45) is 0. The van der Waals surface area contributed by atoms with Gasteiger partial charge in [-0.1, -0.05) is 12.1 Å². The third kappa shape index (κ3) is 3.64. The molecule has 0 spiro atoms. The van der Waals surface area contributed by atoms with Gasteiger partial charge in [0, 0.05) is 25.2 Å². The van der Waals surface area contributed by atoms with Gasteiger partial charge in [0.1, 0.15) is 11.6 Å². The van der Waals surface area contributed by atoms with Crippen LogP contribution in [-0.4, -0.2) is 14.2 Å². The smallest absolute Gasteiger partial charge is 0.125 e. The van der Waals surface area contributed by atoms with E-state index in [1.165, 1.54) is 12.1 Å². The van der Waals surface area contributed by atoms with Crippen LogP contribution in [0.1, 0.15) is 11.1 Å². The molecule has 0 saturated heterocycles. The molecular formula is C16H17ClFNO. The number of anilines is 1. The predicted molar refractivity (Wildman–Crippen MR) is 81.1 cm³/mol. The van der Waals surface area contributed by atoms with Crippen LogP contribution in [0.2, 0.25) is 0 Å². The van der Waals surface area contributed by atoms with Gasteiger partial charge in [0.25, 0.3) is 0 Å². The minimum atomic E-state index is -0.268. The SMILES string of the molecule is COc1cccc(CN(C)c2cc(F)cc(CCl)c2)c1. The van der Waals surface area contributed by atoms with E-state index in [0.717, 1.165) is 22.6 Å². The maximum atomic E-state index is 13.5. The third-order valence-electron chi connectivity index (χ3n) is 3.09. The lowest BCUT2D eigenvalue weighted by molar-refractivity contribution is 0.414. The largest absolute Gasteiger partial charge is 0.497 e. The molecule has 2 aromatic carbocycles. The molecule has 20 heavy (non-hydrogen) atoms. The van der Waals surface area contributed by atoms with Crippen molar-refractivity contribution in [1.82, 2.24) is 0 Å². The molecule has 0 radical (unpaired) electrons. The molecule has 0 unspecified atom stereocenters. The fourth-order valence-corrected chi connectivity index (χ4v) is 2.22. The number of ether oxygens (including phenoxy) is 1. The molecule has 2 aromatic rings. The molecule has 0 bridgehead atoms.